The summed E-state index contributed by atoms with van der Waals surface area (Å²) in [5, 5.41) is 9.76. The second-order valence-corrected chi connectivity index (χ2v) is 4.98. The number of carboxylic acids is 1. The van der Waals surface area contributed by atoms with Crippen LogP contribution in [0.4, 0.5) is 4.39 Å². The second kappa shape index (κ2) is 6.04. The van der Waals surface area contributed by atoms with Crippen LogP contribution in [0.15, 0.2) is 48.5 Å². The number of rotatable bonds is 4. The van der Waals surface area contributed by atoms with Crippen molar-refractivity contribution in [2.24, 2.45) is 0 Å². The van der Waals surface area contributed by atoms with Crippen LogP contribution in [0.25, 0.3) is 22.2 Å². The summed E-state index contributed by atoms with van der Waals surface area (Å²) in [4.78, 5) is 15.7. The van der Waals surface area contributed by atoms with Crippen molar-refractivity contribution in [2.75, 3.05) is 6.61 Å². The van der Waals surface area contributed by atoms with Crippen LogP contribution in [0.3, 0.4) is 0 Å². The highest BCUT2D eigenvalue weighted by atomic mass is 19.1. The van der Waals surface area contributed by atoms with Crippen molar-refractivity contribution in [2.45, 2.75) is 6.92 Å². The Balaban J connectivity index is 2.20. The molecule has 116 valence electrons. The second-order valence-electron chi connectivity index (χ2n) is 4.98. The zero-order chi connectivity index (χ0) is 16.4. The quantitative estimate of drug-likeness (QED) is 0.786. The summed E-state index contributed by atoms with van der Waals surface area (Å²) in [6, 6.07) is 12.5. The fraction of sp³-hybridized carbons (Fsp3) is 0.111. The van der Waals surface area contributed by atoms with E-state index in [2.05, 4.69) is 4.98 Å². The first-order valence-electron chi connectivity index (χ1n) is 7.15. The third-order valence-corrected chi connectivity index (χ3v) is 3.46. The lowest BCUT2D eigenvalue weighted by Crippen LogP contribution is -1.99. The van der Waals surface area contributed by atoms with E-state index in [1.807, 2.05) is 6.92 Å². The van der Waals surface area contributed by atoms with Gasteiger partial charge in [0.05, 0.1) is 23.4 Å². The number of hydrogen-bond donors (Lipinski definition) is 1. The average molecular weight is 311 g/mol. The van der Waals surface area contributed by atoms with Crippen LogP contribution in [0, 0.1) is 5.82 Å². The van der Waals surface area contributed by atoms with Crippen LogP contribution in [-0.2, 0) is 0 Å². The highest BCUT2D eigenvalue weighted by Gasteiger charge is 2.12. The number of benzene rings is 2. The maximum atomic E-state index is 13.1. The summed E-state index contributed by atoms with van der Waals surface area (Å²) < 4.78 is 18.7. The van der Waals surface area contributed by atoms with Gasteiger partial charge in [0.15, 0.2) is 0 Å². The fourth-order valence-electron chi connectivity index (χ4n) is 2.37. The Morgan fingerprint density at radius 1 is 1.17 bits per heavy atom. The molecule has 5 heteroatoms. The van der Waals surface area contributed by atoms with E-state index in [0.29, 0.717) is 29.0 Å². The molecule has 0 bridgehead atoms. The van der Waals surface area contributed by atoms with Gasteiger partial charge in [-0.15, -0.1) is 0 Å². The maximum Gasteiger partial charge on any atom is 0.335 e. The molecule has 0 saturated heterocycles. The van der Waals surface area contributed by atoms with E-state index in [4.69, 9.17) is 9.84 Å². The number of pyridine rings is 1. The molecule has 0 saturated carbocycles. The molecule has 23 heavy (non-hydrogen) atoms. The Bertz CT molecular complexity index is 875. The minimum absolute atomic E-state index is 0.176. The smallest absolute Gasteiger partial charge is 0.335 e. The van der Waals surface area contributed by atoms with E-state index in [-0.39, 0.29) is 11.4 Å². The number of ether oxygens (including phenoxy) is 1. The van der Waals surface area contributed by atoms with Gasteiger partial charge in [-0.25, -0.2) is 14.2 Å². The Labute approximate surface area is 132 Å². The number of hydrogen-bond acceptors (Lipinski definition) is 3. The first-order valence-corrected chi connectivity index (χ1v) is 7.15. The van der Waals surface area contributed by atoms with Gasteiger partial charge in [0.25, 0.3) is 0 Å². The SMILES string of the molecule is CCOc1cc(-c2ccc(F)cc2)nc2ccc(C(=O)O)cc12. The highest BCUT2D eigenvalue weighted by molar-refractivity contribution is 5.96. The summed E-state index contributed by atoms with van der Waals surface area (Å²) >= 11 is 0. The largest absolute Gasteiger partial charge is 0.493 e. The monoisotopic (exact) mass is 311 g/mol. The summed E-state index contributed by atoms with van der Waals surface area (Å²) in [6.07, 6.45) is 0. The first kappa shape index (κ1) is 15.0. The zero-order valence-corrected chi connectivity index (χ0v) is 12.4. The normalized spacial score (nSPS) is 10.7. The molecule has 1 N–H and O–H groups in total. The van der Waals surface area contributed by atoms with Gasteiger partial charge in [-0.2, -0.15) is 0 Å². The van der Waals surface area contributed by atoms with Gasteiger partial charge in [-0.05, 0) is 49.4 Å². The molecule has 4 nitrogen and oxygen atoms in total. The molecule has 0 atom stereocenters. The zero-order valence-electron chi connectivity index (χ0n) is 12.4. The molecule has 0 aliphatic rings. The Kier molecular flexibility index (Phi) is 3.93. The number of aromatic nitrogens is 1. The Morgan fingerprint density at radius 2 is 1.91 bits per heavy atom. The molecule has 0 aliphatic heterocycles. The number of fused-ring (bicyclic) bond motifs is 1. The molecule has 0 spiro atoms. The van der Waals surface area contributed by atoms with Crippen LogP contribution < -0.4 is 4.74 Å². The van der Waals surface area contributed by atoms with Crippen molar-refractivity contribution >= 4 is 16.9 Å². The van der Waals surface area contributed by atoms with Gasteiger partial charge in [0, 0.05) is 17.0 Å². The molecule has 0 aliphatic carbocycles. The number of nitrogens with zero attached hydrogens (tertiary/aromatic N) is 1. The third kappa shape index (κ3) is 2.99. The number of aromatic carboxylic acids is 1. The minimum atomic E-state index is -1.00. The molecular formula is C18H14FNO3. The van der Waals surface area contributed by atoms with Crippen LogP contribution >= 0.6 is 0 Å². The summed E-state index contributed by atoms with van der Waals surface area (Å²) in [5.74, 6) is -0.762. The van der Waals surface area contributed by atoms with Crippen LogP contribution in [0.2, 0.25) is 0 Å². The third-order valence-electron chi connectivity index (χ3n) is 3.46. The van der Waals surface area contributed by atoms with E-state index in [1.165, 1.54) is 18.2 Å². The van der Waals surface area contributed by atoms with Crippen molar-refractivity contribution in [3.63, 3.8) is 0 Å². The van der Waals surface area contributed by atoms with Crippen molar-refractivity contribution in [3.8, 4) is 17.0 Å². The van der Waals surface area contributed by atoms with Gasteiger partial charge < -0.3 is 9.84 Å². The van der Waals surface area contributed by atoms with Crippen molar-refractivity contribution in [1.29, 1.82) is 0 Å². The standard InChI is InChI=1S/C18H14FNO3/c1-2-23-17-10-16(11-3-6-13(19)7-4-11)20-15-8-5-12(18(21)22)9-14(15)17/h3-10H,2H2,1H3,(H,21,22). The minimum Gasteiger partial charge on any atom is -0.493 e. The van der Waals surface area contributed by atoms with Gasteiger partial charge >= 0.3 is 5.97 Å². The highest BCUT2D eigenvalue weighted by Crippen LogP contribution is 2.31. The molecule has 0 amide bonds. The molecular weight excluding hydrogens is 297 g/mol. The molecule has 2 aromatic carbocycles. The topological polar surface area (TPSA) is 59.4 Å². The molecule has 0 unspecified atom stereocenters. The van der Waals surface area contributed by atoms with Crippen molar-refractivity contribution in [1.82, 2.24) is 4.98 Å². The predicted octanol–water partition coefficient (Wildman–Crippen LogP) is 4.14. The molecule has 0 fully saturated rings. The summed E-state index contributed by atoms with van der Waals surface area (Å²) in [7, 11) is 0. The Hall–Kier alpha value is -2.95. The van der Waals surface area contributed by atoms with Crippen molar-refractivity contribution in [3.05, 3.63) is 59.9 Å². The predicted molar refractivity (Wildman–Crippen MR) is 85.3 cm³/mol. The first-order chi connectivity index (χ1) is 11.1. The van der Waals surface area contributed by atoms with E-state index in [9.17, 15) is 9.18 Å². The summed E-state index contributed by atoms with van der Waals surface area (Å²) in [6.45, 7) is 2.30. The van der Waals surface area contributed by atoms with Gasteiger partial charge in [0.1, 0.15) is 11.6 Å². The van der Waals surface area contributed by atoms with Gasteiger partial charge in [-0.1, -0.05) is 0 Å². The van der Waals surface area contributed by atoms with Gasteiger partial charge in [-0.3, -0.25) is 0 Å². The lowest BCUT2D eigenvalue weighted by atomic mass is 10.1. The number of halogens is 1. The summed E-state index contributed by atoms with van der Waals surface area (Å²) in [5.41, 5.74) is 2.20. The maximum absolute atomic E-state index is 13.1. The lowest BCUT2D eigenvalue weighted by molar-refractivity contribution is 0.0697. The number of carbonyl (C=O) groups is 1. The molecule has 3 rings (SSSR count). The van der Waals surface area contributed by atoms with E-state index in [1.54, 1.807) is 30.3 Å². The molecule has 1 heterocycles. The van der Waals surface area contributed by atoms with Crippen LogP contribution in [-0.4, -0.2) is 22.7 Å². The molecule has 0 radical (unpaired) electrons. The average Bonchev–Trinajstić information content (AvgIpc) is 2.55. The lowest BCUT2D eigenvalue weighted by Gasteiger charge is -2.11. The van der Waals surface area contributed by atoms with Gasteiger partial charge in [0.2, 0.25) is 0 Å². The Morgan fingerprint density at radius 3 is 2.57 bits per heavy atom. The fourth-order valence-corrected chi connectivity index (χ4v) is 2.37. The van der Waals surface area contributed by atoms with E-state index < -0.39 is 5.97 Å². The number of carboxylic acid groups (broad SMARTS) is 1. The van der Waals surface area contributed by atoms with E-state index >= 15 is 0 Å². The van der Waals surface area contributed by atoms with Crippen LogP contribution in [0.5, 0.6) is 5.75 Å². The molecule has 1 aromatic heterocycles. The molecule has 3 aromatic rings. The van der Waals surface area contributed by atoms with E-state index in [0.717, 1.165) is 5.56 Å². The van der Waals surface area contributed by atoms with Crippen LogP contribution in [0.1, 0.15) is 17.3 Å². The van der Waals surface area contributed by atoms with Crippen molar-refractivity contribution < 1.29 is 19.0 Å².